The Hall–Kier alpha value is -2.37. The number of likely N-dealkylation sites (tertiary alicyclic amines) is 1. The average Bonchev–Trinajstić information content (AvgIpc) is 3.04. The number of nitrogens with zero attached hydrogens (tertiary/aromatic N) is 2. The molecule has 3 rings (SSSR count). The van der Waals surface area contributed by atoms with Crippen LogP contribution in [0.1, 0.15) is 23.2 Å². The number of amides is 1. The molecule has 0 saturated carbocycles. The maximum atomic E-state index is 12.4. The minimum absolute atomic E-state index is 0.0469. The fraction of sp³-hybridized carbons (Fsp3) is 0.357. The van der Waals surface area contributed by atoms with Crippen molar-refractivity contribution in [3.8, 4) is 0 Å². The van der Waals surface area contributed by atoms with E-state index in [0.717, 1.165) is 17.5 Å². The van der Waals surface area contributed by atoms with Crippen molar-refractivity contribution >= 4 is 22.9 Å². The fourth-order valence-corrected chi connectivity index (χ4v) is 2.68. The Balaban J connectivity index is 1.74. The summed E-state index contributed by atoms with van der Waals surface area (Å²) in [5.74, 6) is -0.787. The van der Waals surface area contributed by atoms with Crippen LogP contribution in [0.2, 0.25) is 0 Å². The Morgan fingerprint density at radius 3 is 3.10 bits per heavy atom. The summed E-state index contributed by atoms with van der Waals surface area (Å²) < 4.78 is 0. The van der Waals surface area contributed by atoms with Crippen LogP contribution in [0.25, 0.3) is 11.0 Å². The molecule has 1 aromatic carbocycles. The van der Waals surface area contributed by atoms with E-state index < -0.39 is 5.97 Å². The van der Waals surface area contributed by atoms with Crippen LogP contribution in [0.5, 0.6) is 0 Å². The van der Waals surface area contributed by atoms with Crippen LogP contribution in [-0.2, 0) is 4.79 Å². The Labute approximate surface area is 115 Å². The molecule has 0 radical (unpaired) electrons. The van der Waals surface area contributed by atoms with E-state index in [2.05, 4.69) is 9.97 Å². The summed E-state index contributed by atoms with van der Waals surface area (Å²) in [6.45, 7) is 1.14. The average molecular weight is 273 g/mol. The monoisotopic (exact) mass is 273 g/mol. The van der Waals surface area contributed by atoms with Gasteiger partial charge in [-0.3, -0.25) is 9.59 Å². The predicted octanol–water partition coefficient (Wildman–Crippen LogP) is 1.50. The molecule has 0 aliphatic carbocycles. The van der Waals surface area contributed by atoms with Crippen molar-refractivity contribution in [3.05, 3.63) is 30.1 Å². The number of carboxylic acids is 1. The Morgan fingerprint density at radius 1 is 1.45 bits per heavy atom. The first-order valence-electron chi connectivity index (χ1n) is 6.57. The lowest BCUT2D eigenvalue weighted by Gasteiger charge is -2.16. The lowest BCUT2D eigenvalue weighted by atomic mass is 10.1. The van der Waals surface area contributed by atoms with Gasteiger partial charge in [-0.1, -0.05) is 0 Å². The highest BCUT2D eigenvalue weighted by atomic mass is 16.4. The first-order valence-corrected chi connectivity index (χ1v) is 6.57. The number of aromatic nitrogens is 2. The third kappa shape index (κ3) is 2.36. The molecule has 0 bridgehead atoms. The van der Waals surface area contributed by atoms with Crippen LogP contribution in [0, 0.1) is 5.92 Å². The summed E-state index contributed by atoms with van der Waals surface area (Å²) >= 11 is 0. The number of carbonyl (C=O) groups is 2. The van der Waals surface area contributed by atoms with Gasteiger partial charge in [-0.15, -0.1) is 0 Å². The van der Waals surface area contributed by atoms with Gasteiger partial charge < -0.3 is 15.0 Å². The van der Waals surface area contributed by atoms with Gasteiger partial charge in [-0.2, -0.15) is 0 Å². The zero-order chi connectivity index (χ0) is 14.1. The molecule has 1 amide bonds. The fourth-order valence-electron chi connectivity index (χ4n) is 2.68. The second-order valence-corrected chi connectivity index (χ2v) is 5.14. The normalized spacial score (nSPS) is 18.6. The Kier molecular flexibility index (Phi) is 3.14. The van der Waals surface area contributed by atoms with Crippen LogP contribution in [0.15, 0.2) is 24.5 Å². The van der Waals surface area contributed by atoms with Crippen molar-refractivity contribution in [1.29, 1.82) is 0 Å². The summed E-state index contributed by atoms with van der Waals surface area (Å²) in [7, 11) is 0. The Morgan fingerprint density at radius 2 is 2.30 bits per heavy atom. The van der Waals surface area contributed by atoms with E-state index in [-0.39, 0.29) is 18.2 Å². The smallest absolute Gasteiger partial charge is 0.303 e. The molecule has 2 aromatic rings. The number of nitrogens with one attached hydrogen (secondary N) is 1. The first-order chi connectivity index (χ1) is 9.63. The van der Waals surface area contributed by atoms with Crippen LogP contribution < -0.4 is 0 Å². The van der Waals surface area contributed by atoms with Crippen LogP contribution in [0.3, 0.4) is 0 Å². The number of benzene rings is 1. The third-order valence-electron chi connectivity index (χ3n) is 3.70. The number of carbonyl (C=O) groups excluding carboxylic acids is 1. The second-order valence-electron chi connectivity index (χ2n) is 5.14. The van der Waals surface area contributed by atoms with E-state index in [0.29, 0.717) is 18.7 Å². The minimum atomic E-state index is -0.803. The summed E-state index contributed by atoms with van der Waals surface area (Å²) in [5, 5.41) is 8.80. The topological polar surface area (TPSA) is 86.3 Å². The van der Waals surface area contributed by atoms with Gasteiger partial charge in [0.2, 0.25) is 0 Å². The number of H-pyrrole nitrogens is 1. The summed E-state index contributed by atoms with van der Waals surface area (Å²) in [6.07, 6.45) is 2.48. The van der Waals surface area contributed by atoms with Crippen molar-refractivity contribution in [1.82, 2.24) is 14.9 Å². The van der Waals surface area contributed by atoms with Crippen molar-refractivity contribution in [3.63, 3.8) is 0 Å². The zero-order valence-corrected chi connectivity index (χ0v) is 10.9. The molecule has 1 atom stereocenters. The van der Waals surface area contributed by atoms with E-state index in [1.807, 2.05) is 6.07 Å². The molecule has 6 nitrogen and oxygen atoms in total. The molecule has 1 aliphatic heterocycles. The van der Waals surface area contributed by atoms with Crippen LogP contribution in [-0.4, -0.2) is 44.9 Å². The highest BCUT2D eigenvalue weighted by Gasteiger charge is 2.28. The number of hydrogen-bond acceptors (Lipinski definition) is 3. The van der Waals surface area contributed by atoms with Gasteiger partial charge >= 0.3 is 5.97 Å². The second kappa shape index (κ2) is 4.96. The highest BCUT2D eigenvalue weighted by molar-refractivity contribution is 5.97. The molecular weight excluding hydrogens is 258 g/mol. The maximum Gasteiger partial charge on any atom is 0.303 e. The standard InChI is InChI=1S/C14H15N3O3/c18-13(19)5-9-3-4-17(7-9)14(20)10-1-2-11-12(6-10)16-8-15-11/h1-2,6,8-9H,3-5,7H2,(H,15,16)(H,18,19). The van der Waals surface area contributed by atoms with Crippen LogP contribution >= 0.6 is 0 Å². The van der Waals surface area contributed by atoms with Gasteiger partial charge in [0, 0.05) is 25.1 Å². The molecule has 6 heteroatoms. The van der Waals surface area contributed by atoms with Gasteiger partial charge in [-0.25, -0.2) is 4.98 Å². The maximum absolute atomic E-state index is 12.4. The van der Waals surface area contributed by atoms with E-state index in [1.165, 1.54) is 0 Å². The number of carboxylic acid groups (broad SMARTS) is 1. The molecule has 2 heterocycles. The predicted molar refractivity (Wildman–Crippen MR) is 72.4 cm³/mol. The van der Waals surface area contributed by atoms with Crippen molar-refractivity contribution in [2.45, 2.75) is 12.8 Å². The molecule has 1 saturated heterocycles. The molecule has 2 N–H and O–H groups in total. The molecular formula is C14H15N3O3. The molecule has 1 unspecified atom stereocenters. The SMILES string of the molecule is O=C(O)CC1CCN(C(=O)c2ccc3nc[nH]c3c2)C1. The van der Waals surface area contributed by atoms with Gasteiger partial charge in [0.1, 0.15) is 0 Å². The van der Waals surface area contributed by atoms with E-state index in [1.54, 1.807) is 23.4 Å². The van der Waals surface area contributed by atoms with Gasteiger partial charge in [0.25, 0.3) is 5.91 Å². The Bertz CT molecular complexity index is 664. The zero-order valence-electron chi connectivity index (χ0n) is 10.9. The number of hydrogen-bond donors (Lipinski definition) is 2. The number of rotatable bonds is 3. The van der Waals surface area contributed by atoms with Gasteiger partial charge in [-0.05, 0) is 30.5 Å². The van der Waals surface area contributed by atoms with Crippen molar-refractivity contribution in [2.24, 2.45) is 5.92 Å². The van der Waals surface area contributed by atoms with Gasteiger partial charge in [0.15, 0.2) is 0 Å². The lowest BCUT2D eigenvalue weighted by molar-refractivity contribution is -0.138. The van der Waals surface area contributed by atoms with E-state index in [9.17, 15) is 9.59 Å². The van der Waals surface area contributed by atoms with Crippen molar-refractivity contribution < 1.29 is 14.7 Å². The summed E-state index contributed by atoms with van der Waals surface area (Å²) in [4.78, 5) is 31.9. The first kappa shape index (κ1) is 12.7. The summed E-state index contributed by atoms with van der Waals surface area (Å²) in [6, 6.07) is 5.36. The largest absolute Gasteiger partial charge is 0.481 e. The van der Waals surface area contributed by atoms with E-state index in [4.69, 9.17) is 5.11 Å². The molecule has 0 spiro atoms. The molecule has 1 aromatic heterocycles. The lowest BCUT2D eigenvalue weighted by Crippen LogP contribution is -2.28. The molecule has 20 heavy (non-hydrogen) atoms. The van der Waals surface area contributed by atoms with Crippen molar-refractivity contribution in [2.75, 3.05) is 13.1 Å². The molecule has 1 fully saturated rings. The quantitative estimate of drug-likeness (QED) is 0.887. The molecule has 104 valence electrons. The number of aromatic amines is 1. The van der Waals surface area contributed by atoms with E-state index >= 15 is 0 Å². The summed E-state index contributed by atoms with van der Waals surface area (Å²) in [5.41, 5.74) is 2.27. The number of aliphatic carboxylic acids is 1. The number of fused-ring (bicyclic) bond motifs is 1. The van der Waals surface area contributed by atoms with Crippen LogP contribution in [0.4, 0.5) is 0 Å². The van der Waals surface area contributed by atoms with Gasteiger partial charge in [0.05, 0.1) is 17.4 Å². The molecule has 1 aliphatic rings. The highest BCUT2D eigenvalue weighted by Crippen LogP contribution is 2.22. The third-order valence-corrected chi connectivity index (χ3v) is 3.70. The minimum Gasteiger partial charge on any atom is -0.481 e. The number of imidazole rings is 1.